The summed E-state index contributed by atoms with van der Waals surface area (Å²) in [5.41, 5.74) is 0.176. The van der Waals surface area contributed by atoms with E-state index >= 15 is 0 Å². The molecule has 0 spiro atoms. The molecule has 0 aromatic heterocycles. The third kappa shape index (κ3) is 2.17. The maximum Gasteiger partial charge on any atom is 0.0704 e. The van der Waals surface area contributed by atoms with Gasteiger partial charge in [-0.3, -0.25) is 0 Å². The average molecular weight is 207 g/mol. The van der Waals surface area contributed by atoms with Gasteiger partial charge in [-0.25, -0.2) is 0 Å². The minimum absolute atomic E-state index is 0.176. The van der Waals surface area contributed by atoms with Crippen LogP contribution < -0.4 is 0 Å². The van der Waals surface area contributed by atoms with Gasteiger partial charge < -0.3 is 9.47 Å². The lowest BCUT2D eigenvalue weighted by molar-refractivity contribution is -0.109. The van der Waals surface area contributed by atoms with Crippen LogP contribution in [0, 0.1) is 5.41 Å². The molecule has 13 heavy (non-hydrogen) atoms. The lowest BCUT2D eigenvalue weighted by Gasteiger charge is -2.50. The molecule has 0 aromatic carbocycles. The highest BCUT2D eigenvalue weighted by Crippen LogP contribution is 2.48. The van der Waals surface area contributed by atoms with Gasteiger partial charge >= 0.3 is 0 Å². The fourth-order valence-electron chi connectivity index (χ4n) is 1.75. The summed E-state index contributed by atoms with van der Waals surface area (Å²) in [6, 6.07) is 0. The molecule has 0 aliphatic heterocycles. The number of hydrogen-bond acceptors (Lipinski definition) is 2. The zero-order chi connectivity index (χ0) is 9.90. The van der Waals surface area contributed by atoms with Crippen LogP contribution in [0.2, 0.25) is 0 Å². The molecule has 0 saturated heterocycles. The van der Waals surface area contributed by atoms with E-state index in [2.05, 4.69) is 13.8 Å². The Labute approximate surface area is 85.5 Å². The van der Waals surface area contributed by atoms with Crippen molar-refractivity contribution >= 4 is 11.6 Å². The van der Waals surface area contributed by atoms with Crippen molar-refractivity contribution in [2.24, 2.45) is 5.41 Å². The summed E-state index contributed by atoms with van der Waals surface area (Å²) in [7, 11) is 1.69. The van der Waals surface area contributed by atoms with Crippen molar-refractivity contribution in [3.05, 3.63) is 0 Å². The Bertz CT molecular complexity index is 163. The predicted octanol–water partition coefficient (Wildman–Crippen LogP) is 2.45. The smallest absolute Gasteiger partial charge is 0.0704 e. The molecule has 1 fully saturated rings. The van der Waals surface area contributed by atoms with Crippen molar-refractivity contribution in [2.45, 2.75) is 38.2 Å². The van der Waals surface area contributed by atoms with Crippen LogP contribution in [0.4, 0.5) is 0 Å². The van der Waals surface area contributed by atoms with Crippen molar-refractivity contribution in [1.82, 2.24) is 0 Å². The molecule has 78 valence electrons. The first-order valence-corrected chi connectivity index (χ1v) is 5.33. The lowest BCUT2D eigenvalue weighted by Crippen LogP contribution is -2.53. The van der Waals surface area contributed by atoms with Crippen LogP contribution in [0.15, 0.2) is 0 Å². The SMILES string of the molecule is CCC1(C)C(Cl)CC1OCCOC. The van der Waals surface area contributed by atoms with E-state index in [1.165, 1.54) is 0 Å². The molecule has 1 rings (SSSR count). The fourth-order valence-corrected chi connectivity index (χ4v) is 2.21. The van der Waals surface area contributed by atoms with E-state index in [4.69, 9.17) is 21.1 Å². The van der Waals surface area contributed by atoms with E-state index < -0.39 is 0 Å². The van der Waals surface area contributed by atoms with E-state index in [0.29, 0.717) is 19.3 Å². The minimum atomic E-state index is 0.176. The van der Waals surface area contributed by atoms with Crippen LogP contribution in [0.1, 0.15) is 26.7 Å². The Morgan fingerprint density at radius 3 is 2.62 bits per heavy atom. The summed E-state index contributed by atoms with van der Waals surface area (Å²) in [6.07, 6.45) is 2.39. The second-order valence-corrected chi connectivity index (χ2v) is 4.44. The largest absolute Gasteiger partial charge is 0.382 e. The molecule has 1 aliphatic carbocycles. The second-order valence-electron chi connectivity index (χ2n) is 3.91. The van der Waals surface area contributed by atoms with E-state index in [-0.39, 0.29) is 10.8 Å². The van der Waals surface area contributed by atoms with E-state index in [1.54, 1.807) is 7.11 Å². The second kappa shape index (κ2) is 4.63. The zero-order valence-electron chi connectivity index (χ0n) is 8.68. The first-order chi connectivity index (χ1) is 6.15. The van der Waals surface area contributed by atoms with E-state index in [1.807, 2.05) is 0 Å². The Morgan fingerprint density at radius 1 is 1.46 bits per heavy atom. The maximum absolute atomic E-state index is 6.15. The zero-order valence-corrected chi connectivity index (χ0v) is 9.43. The van der Waals surface area contributed by atoms with Gasteiger partial charge in [0.1, 0.15) is 0 Å². The fraction of sp³-hybridized carbons (Fsp3) is 1.00. The number of ether oxygens (including phenoxy) is 2. The van der Waals surface area contributed by atoms with Crippen molar-refractivity contribution in [3.63, 3.8) is 0 Å². The molecule has 0 N–H and O–H groups in total. The Hall–Kier alpha value is 0.210. The van der Waals surface area contributed by atoms with Crippen LogP contribution in [-0.4, -0.2) is 31.8 Å². The molecule has 0 heterocycles. The van der Waals surface area contributed by atoms with Gasteiger partial charge in [0, 0.05) is 17.9 Å². The highest BCUT2D eigenvalue weighted by molar-refractivity contribution is 6.21. The molecular weight excluding hydrogens is 188 g/mol. The Morgan fingerprint density at radius 2 is 2.15 bits per heavy atom. The molecule has 1 aliphatic rings. The van der Waals surface area contributed by atoms with Gasteiger partial charge in [-0.2, -0.15) is 0 Å². The van der Waals surface area contributed by atoms with Gasteiger partial charge in [-0.15, -0.1) is 11.6 Å². The molecule has 0 amide bonds. The van der Waals surface area contributed by atoms with Crippen LogP contribution in [0.5, 0.6) is 0 Å². The number of halogens is 1. The first-order valence-electron chi connectivity index (χ1n) is 4.89. The standard InChI is InChI=1S/C10H19ClO2/c1-4-10(2)8(11)7-9(10)13-6-5-12-3/h8-9H,4-7H2,1-3H3. The molecular formula is C10H19ClO2. The Kier molecular flexibility index (Phi) is 4.02. The summed E-state index contributed by atoms with van der Waals surface area (Å²) < 4.78 is 10.6. The number of methoxy groups -OCH3 is 1. The molecule has 2 nitrogen and oxygen atoms in total. The normalized spacial score (nSPS) is 38.8. The monoisotopic (exact) mass is 206 g/mol. The molecule has 0 aromatic rings. The Balaban J connectivity index is 2.28. The van der Waals surface area contributed by atoms with E-state index in [9.17, 15) is 0 Å². The van der Waals surface area contributed by atoms with Crippen LogP contribution in [0.3, 0.4) is 0 Å². The number of rotatable bonds is 5. The van der Waals surface area contributed by atoms with E-state index in [0.717, 1.165) is 12.8 Å². The third-order valence-electron chi connectivity index (χ3n) is 3.24. The van der Waals surface area contributed by atoms with Gasteiger partial charge in [-0.05, 0) is 12.8 Å². The summed E-state index contributed by atoms with van der Waals surface area (Å²) in [6.45, 7) is 5.72. The molecule has 1 saturated carbocycles. The number of hydrogen-bond donors (Lipinski definition) is 0. The van der Waals surface area contributed by atoms with Crippen LogP contribution in [-0.2, 0) is 9.47 Å². The third-order valence-corrected chi connectivity index (χ3v) is 3.92. The van der Waals surface area contributed by atoms with Crippen molar-refractivity contribution in [3.8, 4) is 0 Å². The van der Waals surface area contributed by atoms with Gasteiger partial charge in [0.2, 0.25) is 0 Å². The van der Waals surface area contributed by atoms with Gasteiger partial charge in [0.25, 0.3) is 0 Å². The molecule has 3 atom stereocenters. The predicted molar refractivity (Wildman–Crippen MR) is 54.3 cm³/mol. The molecule has 0 bridgehead atoms. The summed E-state index contributed by atoms with van der Waals surface area (Å²) in [5, 5.41) is 0.282. The highest BCUT2D eigenvalue weighted by atomic mass is 35.5. The van der Waals surface area contributed by atoms with Gasteiger partial charge in [0.15, 0.2) is 0 Å². The summed E-state index contributed by atoms with van der Waals surface area (Å²) in [5.74, 6) is 0. The summed E-state index contributed by atoms with van der Waals surface area (Å²) >= 11 is 6.15. The van der Waals surface area contributed by atoms with Crippen molar-refractivity contribution < 1.29 is 9.47 Å². The topological polar surface area (TPSA) is 18.5 Å². The quantitative estimate of drug-likeness (QED) is 0.508. The van der Waals surface area contributed by atoms with Crippen LogP contribution in [0.25, 0.3) is 0 Å². The molecule has 0 radical (unpaired) electrons. The van der Waals surface area contributed by atoms with Gasteiger partial charge in [-0.1, -0.05) is 13.8 Å². The molecule has 3 unspecified atom stereocenters. The van der Waals surface area contributed by atoms with Crippen molar-refractivity contribution in [1.29, 1.82) is 0 Å². The lowest BCUT2D eigenvalue weighted by atomic mass is 9.65. The van der Waals surface area contributed by atoms with Crippen molar-refractivity contribution in [2.75, 3.05) is 20.3 Å². The average Bonchev–Trinajstić information content (AvgIpc) is 2.15. The maximum atomic E-state index is 6.15. The minimum Gasteiger partial charge on any atom is -0.382 e. The molecule has 3 heteroatoms. The van der Waals surface area contributed by atoms with Gasteiger partial charge in [0.05, 0.1) is 19.3 Å². The van der Waals surface area contributed by atoms with Crippen LogP contribution >= 0.6 is 11.6 Å². The number of alkyl halides is 1. The first kappa shape index (κ1) is 11.3. The summed E-state index contributed by atoms with van der Waals surface area (Å²) in [4.78, 5) is 0. The highest BCUT2D eigenvalue weighted by Gasteiger charge is 2.50.